The topological polar surface area (TPSA) is 81.8 Å². The lowest BCUT2D eigenvalue weighted by Gasteiger charge is -2.35. The van der Waals surface area contributed by atoms with E-state index >= 15 is 4.39 Å². The van der Waals surface area contributed by atoms with Gasteiger partial charge in [-0.05, 0) is 48.7 Å². The van der Waals surface area contributed by atoms with E-state index in [0.717, 1.165) is 17.0 Å². The minimum Gasteiger partial charge on any atom is -0.493 e. The van der Waals surface area contributed by atoms with Gasteiger partial charge >= 0.3 is 0 Å². The van der Waals surface area contributed by atoms with Crippen LogP contribution in [0.15, 0.2) is 36.5 Å². The summed E-state index contributed by atoms with van der Waals surface area (Å²) in [4.78, 5) is 38.3. The van der Waals surface area contributed by atoms with Crippen molar-refractivity contribution >= 4 is 34.1 Å². The number of anilines is 1. The Morgan fingerprint density at radius 3 is 2.50 bits per heavy atom. The largest absolute Gasteiger partial charge is 0.493 e. The first-order valence-corrected chi connectivity index (χ1v) is 13.2. The number of rotatable bonds is 4. The Morgan fingerprint density at radius 1 is 1.08 bits per heavy atom. The molecule has 4 heterocycles. The molecule has 202 valence electrons. The molecule has 9 heteroatoms. The van der Waals surface area contributed by atoms with Crippen LogP contribution in [-0.4, -0.2) is 78.0 Å². The first kappa shape index (κ1) is 27.2. The average Bonchev–Trinajstić information content (AvgIpc) is 3.42. The quantitative estimate of drug-likeness (QED) is 0.541. The molecule has 8 nitrogen and oxygen atoms in total. The highest BCUT2D eigenvalue weighted by Gasteiger charge is 2.27. The van der Waals surface area contributed by atoms with Crippen LogP contribution in [0.3, 0.4) is 0 Å². The van der Waals surface area contributed by atoms with E-state index in [0.29, 0.717) is 73.6 Å². The molecule has 2 aliphatic heterocycles. The van der Waals surface area contributed by atoms with Gasteiger partial charge in [0.2, 0.25) is 5.91 Å². The van der Waals surface area contributed by atoms with E-state index in [1.807, 2.05) is 45.0 Å². The molecule has 0 radical (unpaired) electrons. The van der Waals surface area contributed by atoms with E-state index < -0.39 is 5.82 Å². The number of carbonyl (C=O) groups is 2. The third-order valence-electron chi connectivity index (χ3n) is 7.07. The van der Waals surface area contributed by atoms with Crippen molar-refractivity contribution in [2.45, 2.75) is 34.1 Å². The molecule has 2 aliphatic rings. The number of halogens is 1. The average molecular weight is 522 g/mol. The van der Waals surface area contributed by atoms with Crippen LogP contribution in [0.5, 0.6) is 5.75 Å². The number of nitrogens with zero attached hydrogens (tertiary/aromatic N) is 4. The number of aromatic amines is 1. The number of hydrogen-bond donors (Lipinski definition) is 1. The summed E-state index contributed by atoms with van der Waals surface area (Å²) < 4.78 is 21.1. The van der Waals surface area contributed by atoms with Crippen LogP contribution in [0.25, 0.3) is 16.5 Å². The van der Waals surface area contributed by atoms with Crippen molar-refractivity contribution in [2.24, 2.45) is 0 Å². The maximum Gasteiger partial charge on any atom is 0.270 e. The summed E-state index contributed by atoms with van der Waals surface area (Å²) >= 11 is 0. The summed E-state index contributed by atoms with van der Waals surface area (Å²) in [6.07, 6.45) is 4.41. The van der Waals surface area contributed by atoms with Crippen molar-refractivity contribution in [1.82, 2.24) is 19.8 Å². The van der Waals surface area contributed by atoms with Gasteiger partial charge in [-0.3, -0.25) is 9.59 Å². The van der Waals surface area contributed by atoms with Crippen LogP contribution in [0.4, 0.5) is 10.2 Å². The highest BCUT2D eigenvalue weighted by molar-refractivity contribution is 6.00. The number of nitrogens with one attached hydrogen (secondary N) is 1. The van der Waals surface area contributed by atoms with Crippen molar-refractivity contribution < 1.29 is 18.7 Å². The van der Waals surface area contributed by atoms with E-state index in [2.05, 4.69) is 14.9 Å². The third kappa shape index (κ3) is 5.23. The summed E-state index contributed by atoms with van der Waals surface area (Å²) in [7, 11) is 1.62. The van der Waals surface area contributed by atoms with Crippen LogP contribution in [0.1, 0.15) is 48.8 Å². The Labute approximate surface area is 223 Å². The van der Waals surface area contributed by atoms with Gasteiger partial charge in [0.05, 0.1) is 12.6 Å². The Balaban J connectivity index is 0.00000164. The maximum atomic E-state index is 15.7. The number of amides is 2. The molecule has 0 spiro atoms. The lowest BCUT2D eigenvalue weighted by molar-refractivity contribution is -0.128. The van der Waals surface area contributed by atoms with Crippen molar-refractivity contribution in [2.75, 3.05) is 51.3 Å². The Bertz CT molecular complexity index is 1360. The summed E-state index contributed by atoms with van der Waals surface area (Å²) in [6, 6.07) is 7.25. The highest BCUT2D eigenvalue weighted by atomic mass is 19.1. The second-order valence-corrected chi connectivity index (χ2v) is 9.29. The Morgan fingerprint density at radius 2 is 1.82 bits per heavy atom. The molecular weight excluding hydrogens is 485 g/mol. The second-order valence-electron chi connectivity index (χ2n) is 9.29. The van der Waals surface area contributed by atoms with Gasteiger partial charge in [0.25, 0.3) is 5.91 Å². The van der Waals surface area contributed by atoms with Crippen LogP contribution in [0.2, 0.25) is 0 Å². The molecule has 2 aromatic heterocycles. The predicted molar refractivity (Wildman–Crippen MR) is 148 cm³/mol. The number of hydrogen-bond acceptors (Lipinski definition) is 5. The predicted octanol–water partition coefficient (Wildman–Crippen LogP) is 4.64. The smallest absolute Gasteiger partial charge is 0.270 e. The van der Waals surface area contributed by atoms with Gasteiger partial charge in [-0.2, -0.15) is 0 Å². The number of aryl methyl sites for hydroxylation is 1. The lowest BCUT2D eigenvalue weighted by Crippen LogP contribution is -2.49. The molecule has 0 atom stereocenters. The fourth-order valence-electron chi connectivity index (χ4n) is 5.06. The van der Waals surface area contributed by atoms with Gasteiger partial charge in [0.15, 0.2) is 17.4 Å². The van der Waals surface area contributed by atoms with Crippen LogP contribution in [-0.2, 0) is 4.79 Å². The zero-order valence-electron chi connectivity index (χ0n) is 22.8. The minimum absolute atomic E-state index is 0.0202. The van der Waals surface area contributed by atoms with Gasteiger partial charge in [0.1, 0.15) is 5.69 Å². The molecule has 0 bridgehead atoms. The summed E-state index contributed by atoms with van der Waals surface area (Å²) in [5.41, 5.74) is 2.85. The summed E-state index contributed by atoms with van der Waals surface area (Å²) in [6.45, 7) is 10.8. The number of benzene rings is 1. The number of piperazine rings is 1. The van der Waals surface area contributed by atoms with Crippen LogP contribution >= 0.6 is 0 Å². The van der Waals surface area contributed by atoms with Gasteiger partial charge < -0.3 is 24.4 Å². The lowest BCUT2D eigenvalue weighted by atomic mass is 9.97. The molecule has 0 aliphatic carbocycles. The van der Waals surface area contributed by atoms with Gasteiger partial charge in [-0.15, -0.1) is 0 Å². The Hall–Kier alpha value is -3.88. The number of carbonyl (C=O) groups excluding carboxylic acids is 2. The molecule has 3 aromatic rings. The van der Waals surface area contributed by atoms with Crippen molar-refractivity contribution in [1.29, 1.82) is 0 Å². The van der Waals surface area contributed by atoms with E-state index in [-0.39, 0.29) is 11.8 Å². The zero-order chi connectivity index (χ0) is 27.4. The summed E-state index contributed by atoms with van der Waals surface area (Å²) in [5, 5.41) is 0.691. The molecule has 2 amide bonds. The van der Waals surface area contributed by atoms with E-state index in [1.165, 1.54) is 6.92 Å². The standard InChI is InChI=1S/C27H30FN5O3.C2H6/c1-17-14-21(19-6-5-9-33(16-19)18(2)34)24(28)25-20(17)15-22(30-25)27(35)32-12-10-31(11-13-32)26-23(36-3)7-4-8-29-26;1-2/h4,6-8,14-15,30H,5,9-13,16H2,1-3H3;1-2H3. The third-order valence-corrected chi connectivity index (χ3v) is 7.07. The molecule has 1 aromatic carbocycles. The fourth-order valence-corrected chi connectivity index (χ4v) is 5.06. The molecule has 5 rings (SSSR count). The highest BCUT2D eigenvalue weighted by Crippen LogP contribution is 2.32. The molecule has 1 saturated heterocycles. The van der Waals surface area contributed by atoms with Gasteiger partial charge in [-0.1, -0.05) is 19.9 Å². The van der Waals surface area contributed by atoms with E-state index in [1.54, 1.807) is 29.2 Å². The van der Waals surface area contributed by atoms with Crippen LogP contribution < -0.4 is 9.64 Å². The normalized spacial score (nSPS) is 15.6. The van der Waals surface area contributed by atoms with Crippen molar-refractivity contribution in [3.05, 3.63) is 59.2 Å². The minimum atomic E-state index is -0.390. The zero-order valence-corrected chi connectivity index (χ0v) is 22.8. The molecule has 38 heavy (non-hydrogen) atoms. The Kier molecular flexibility index (Phi) is 8.34. The molecular formula is C29H36FN5O3. The number of aromatic nitrogens is 2. The molecule has 0 saturated carbocycles. The molecule has 1 fully saturated rings. The number of methoxy groups -OCH3 is 1. The number of fused-ring (bicyclic) bond motifs is 1. The number of H-pyrrole nitrogens is 1. The fraction of sp³-hybridized carbons (Fsp3) is 0.414. The summed E-state index contributed by atoms with van der Waals surface area (Å²) in [5.74, 6) is 0.905. The monoisotopic (exact) mass is 521 g/mol. The van der Waals surface area contributed by atoms with Crippen LogP contribution in [0, 0.1) is 12.7 Å². The van der Waals surface area contributed by atoms with Crippen molar-refractivity contribution in [3.63, 3.8) is 0 Å². The maximum absolute atomic E-state index is 15.7. The van der Waals surface area contributed by atoms with E-state index in [4.69, 9.17) is 4.74 Å². The number of pyridine rings is 1. The van der Waals surface area contributed by atoms with E-state index in [9.17, 15) is 9.59 Å². The van der Waals surface area contributed by atoms with Gasteiger partial charge in [-0.25, -0.2) is 9.37 Å². The second kappa shape index (κ2) is 11.7. The molecule has 0 unspecified atom stereocenters. The van der Waals surface area contributed by atoms with Gasteiger partial charge in [0, 0.05) is 63.3 Å². The first-order valence-electron chi connectivity index (χ1n) is 13.2. The SMILES string of the molecule is CC.COc1cccnc1N1CCN(C(=O)c2cc3c(C)cc(C4=CCCN(C(C)=O)C4)c(F)c3[nH]2)CC1. The molecule has 1 N–H and O–H groups in total. The number of ether oxygens (including phenoxy) is 1. The van der Waals surface area contributed by atoms with Crippen molar-refractivity contribution in [3.8, 4) is 5.75 Å². The first-order chi connectivity index (χ1) is 18.4.